The average molecular weight is 435 g/mol. The predicted molar refractivity (Wildman–Crippen MR) is 128 cm³/mol. The highest BCUT2D eigenvalue weighted by molar-refractivity contribution is 6.70. The van der Waals surface area contributed by atoms with Crippen LogP contribution in [-0.2, 0) is 8.85 Å². The molecule has 2 nitrogen and oxygen atoms in total. The Morgan fingerprint density at radius 2 is 1.52 bits per heavy atom. The van der Waals surface area contributed by atoms with E-state index in [9.17, 15) is 0 Å². The van der Waals surface area contributed by atoms with Crippen LogP contribution >= 0.6 is 0 Å². The van der Waals surface area contributed by atoms with Gasteiger partial charge in [0, 0.05) is 6.42 Å². The fourth-order valence-electron chi connectivity index (χ4n) is 7.90. The van der Waals surface area contributed by atoms with Crippen LogP contribution in [0.2, 0.25) is 39.3 Å². The van der Waals surface area contributed by atoms with E-state index in [1.165, 1.54) is 57.1 Å². The van der Waals surface area contributed by atoms with Gasteiger partial charge in [0.05, 0.1) is 11.9 Å². The van der Waals surface area contributed by atoms with E-state index in [1.807, 2.05) is 0 Å². The van der Waals surface area contributed by atoms with Gasteiger partial charge >= 0.3 is 0 Å². The molecule has 3 saturated carbocycles. The molecule has 4 heteroatoms. The number of rotatable bonds is 4. The van der Waals surface area contributed by atoms with E-state index < -0.39 is 16.6 Å². The lowest BCUT2D eigenvalue weighted by atomic mass is 9.46. The Kier molecular flexibility index (Phi) is 5.52. The molecular formula is C25H46O2Si2. The molecule has 0 radical (unpaired) electrons. The molecule has 0 aromatic carbocycles. The Labute approximate surface area is 182 Å². The summed E-state index contributed by atoms with van der Waals surface area (Å²) in [5.41, 5.74) is 0.926. The lowest BCUT2D eigenvalue weighted by Crippen LogP contribution is -2.54. The molecule has 0 aliphatic heterocycles. The molecule has 0 heterocycles. The zero-order valence-electron chi connectivity index (χ0n) is 20.4. The molecule has 4 aliphatic rings. The summed E-state index contributed by atoms with van der Waals surface area (Å²) in [5.74, 6) is 4.90. The molecule has 3 unspecified atom stereocenters. The molecular weight excluding hydrogens is 388 g/mol. The van der Waals surface area contributed by atoms with Crippen LogP contribution in [0.4, 0.5) is 0 Å². The summed E-state index contributed by atoms with van der Waals surface area (Å²) in [5, 5.41) is 0. The van der Waals surface area contributed by atoms with E-state index in [0.29, 0.717) is 16.9 Å². The Hall–Kier alpha value is -0.0662. The van der Waals surface area contributed by atoms with Crippen LogP contribution < -0.4 is 0 Å². The second-order valence-electron chi connectivity index (χ2n) is 13.3. The Morgan fingerprint density at radius 1 is 0.828 bits per heavy atom. The highest BCUT2D eigenvalue weighted by Crippen LogP contribution is 2.66. The number of hydrogen-bond acceptors (Lipinski definition) is 2. The molecule has 0 saturated heterocycles. The monoisotopic (exact) mass is 434 g/mol. The van der Waals surface area contributed by atoms with Crippen LogP contribution in [0.3, 0.4) is 0 Å². The molecule has 4 aliphatic carbocycles. The first-order valence-corrected chi connectivity index (χ1v) is 19.2. The number of allylic oxidation sites excluding steroid dienone is 2. The summed E-state index contributed by atoms with van der Waals surface area (Å²) in [6, 6.07) is 0. The number of fused-ring (bicyclic) bond motifs is 5. The van der Waals surface area contributed by atoms with E-state index in [1.54, 1.807) is 0 Å². The van der Waals surface area contributed by atoms with E-state index in [0.717, 1.165) is 23.7 Å². The highest BCUT2D eigenvalue weighted by atomic mass is 28.4. The molecule has 0 bridgehead atoms. The third-order valence-electron chi connectivity index (χ3n) is 9.13. The molecule has 4 rings (SSSR count). The van der Waals surface area contributed by atoms with Crippen molar-refractivity contribution in [2.24, 2.45) is 34.5 Å². The van der Waals surface area contributed by atoms with Crippen molar-refractivity contribution in [3.8, 4) is 0 Å². The SMILES string of the molecule is C[C@]12CCC3C(CC[C@@H]4CC(O[Si](C)(C)C)=CC[C@]34C)C1CC[C@H]2O[Si](C)(C)C. The van der Waals surface area contributed by atoms with Crippen molar-refractivity contribution in [2.75, 3.05) is 0 Å². The summed E-state index contributed by atoms with van der Waals surface area (Å²) >= 11 is 0. The highest BCUT2D eigenvalue weighted by Gasteiger charge is 2.60. The van der Waals surface area contributed by atoms with Crippen molar-refractivity contribution in [3.05, 3.63) is 11.8 Å². The van der Waals surface area contributed by atoms with Gasteiger partial charge in [-0.2, -0.15) is 0 Å². The molecule has 3 fully saturated rings. The summed E-state index contributed by atoms with van der Waals surface area (Å²) in [6.45, 7) is 19.3. The van der Waals surface area contributed by atoms with Gasteiger partial charge in [0.15, 0.2) is 8.32 Å². The minimum Gasteiger partial charge on any atom is -0.548 e. The quantitative estimate of drug-likeness (QED) is 0.424. The van der Waals surface area contributed by atoms with Crippen molar-refractivity contribution >= 4 is 16.6 Å². The summed E-state index contributed by atoms with van der Waals surface area (Å²) < 4.78 is 13.2. The Bertz CT molecular complexity index is 661. The lowest BCUT2D eigenvalue weighted by Gasteiger charge is -2.60. The third-order valence-corrected chi connectivity index (χ3v) is 11.0. The van der Waals surface area contributed by atoms with Gasteiger partial charge in [-0.15, -0.1) is 0 Å². The van der Waals surface area contributed by atoms with Crippen molar-refractivity contribution < 1.29 is 8.85 Å². The zero-order valence-corrected chi connectivity index (χ0v) is 22.4. The van der Waals surface area contributed by atoms with Crippen molar-refractivity contribution in [1.29, 1.82) is 0 Å². The molecule has 0 spiro atoms. The van der Waals surface area contributed by atoms with Crippen LogP contribution in [-0.4, -0.2) is 22.7 Å². The smallest absolute Gasteiger partial charge is 0.241 e. The fraction of sp³-hybridized carbons (Fsp3) is 0.920. The van der Waals surface area contributed by atoms with Gasteiger partial charge in [-0.3, -0.25) is 0 Å². The molecule has 7 atom stereocenters. The minimum atomic E-state index is -1.49. The summed E-state index contributed by atoms with van der Waals surface area (Å²) in [6.07, 6.45) is 13.9. The maximum atomic E-state index is 6.76. The first-order valence-electron chi connectivity index (χ1n) is 12.4. The molecule has 166 valence electrons. The summed E-state index contributed by atoms with van der Waals surface area (Å²) in [4.78, 5) is 0. The minimum absolute atomic E-state index is 0.432. The molecule has 0 N–H and O–H groups in total. The maximum absolute atomic E-state index is 6.76. The number of hydrogen-bond donors (Lipinski definition) is 0. The van der Waals surface area contributed by atoms with Crippen molar-refractivity contribution in [2.45, 2.75) is 111 Å². The van der Waals surface area contributed by atoms with E-state index in [2.05, 4.69) is 59.2 Å². The van der Waals surface area contributed by atoms with Gasteiger partial charge in [0.1, 0.15) is 0 Å². The predicted octanol–water partition coefficient (Wildman–Crippen LogP) is 7.59. The van der Waals surface area contributed by atoms with Gasteiger partial charge in [-0.05, 0) is 125 Å². The van der Waals surface area contributed by atoms with Crippen LogP contribution in [0.5, 0.6) is 0 Å². The molecule has 0 amide bonds. The normalized spacial score (nSPS) is 45.1. The zero-order chi connectivity index (χ0) is 21.2. The van der Waals surface area contributed by atoms with E-state index in [-0.39, 0.29) is 0 Å². The Morgan fingerprint density at radius 3 is 2.17 bits per heavy atom. The molecule has 0 aromatic rings. The lowest BCUT2D eigenvalue weighted by molar-refractivity contribution is -0.108. The van der Waals surface area contributed by atoms with Crippen molar-refractivity contribution in [1.82, 2.24) is 0 Å². The van der Waals surface area contributed by atoms with E-state index in [4.69, 9.17) is 8.85 Å². The van der Waals surface area contributed by atoms with Crippen LogP contribution in [0.15, 0.2) is 11.8 Å². The largest absolute Gasteiger partial charge is 0.548 e. The van der Waals surface area contributed by atoms with Gasteiger partial charge in [-0.25, -0.2) is 0 Å². The first kappa shape index (κ1) is 22.1. The topological polar surface area (TPSA) is 18.5 Å². The average Bonchev–Trinajstić information content (AvgIpc) is 2.89. The van der Waals surface area contributed by atoms with Gasteiger partial charge in [0.2, 0.25) is 8.32 Å². The first-order chi connectivity index (χ1) is 13.3. The standard InChI is InChI=1S/C25H46O2Si2/c1-24-15-13-19(26-28(3,4)5)17-18(24)9-10-20-21-11-12-23(27-29(6,7)8)25(21,2)16-14-22(20)24/h13,18,20-23H,9-12,14-17H2,1-8H3/t18-,20?,21?,22?,23-,24+,25+/m1/s1. The van der Waals surface area contributed by atoms with Crippen LogP contribution in [0.1, 0.15) is 65.2 Å². The second-order valence-corrected chi connectivity index (χ2v) is 22.2. The third kappa shape index (κ3) is 4.07. The van der Waals surface area contributed by atoms with Gasteiger partial charge in [0.25, 0.3) is 0 Å². The van der Waals surface area contributed by atoms with Crippen LogP contribution in [0.25, 0.3) is 0 Å². The van der Waals surface area contributed by atoms with Gasteiger partial charge < -0.3 is 8.85 Å². The van der Waals surface area contributed by atoms with E-state index >= 15 is 0 Å². The summed E-state index contributed by atoms with van der Waals surface area (Å²) in [7, 11) is -2.97. The molecule has 0 aromatic heterocycles. The second kappa shape index (κ2) is 7.23. The van der Waals surface area contributed by atoms with Crippen LogP contribution in [0, 0.1) is 34.5 Å². The fourth-order valence-corrected chi connectivity index (χ4v) is 10.1. The van der Waals surface area contributed by atoms with Gasteiger partial charge in [-0.1, -0.05) is 13.8 Å². The Balaban J connectivity index is 1.53. The molecule has 29 heavy (non-hydrogen) atoms. The maximum Gasteiger partial charge on any atom is 0.241 e. The van der Waals surface area contributed by atoms with Crippen molar-refractivity contribution in [3.63, 3.8) is 0 Å².